The summed E-state index contributed by atoms with van der Waals surface area (Å²) in [6.45, 7) is 2.67. The van der Waals surface area contributed by atoms with Crippen LogP contribution in [0, 0.1) is 34.8 Å². The van der Waals surface area contributed by atoms with Gasteiger partial charge in [0, 0.05) is 33.9 Å². The number of nitro groups is 1. The number of aryl methyl sites for hydroxylation is 1. The van der Waals surface area contributed by atoms with Crippen molar-refractivity contribution in [3.8, 4) is 0 Å². The van der Waals surface area contributed by atoms with Gasteiger partial charge in [-0.05, 0) is 36.6 Å². The first-order valence-corrected chi connectivity index (χ1v) is 8.91. The molecule has 0 spiro atoms. The highest BCUT2D eigenvalue weighted by Gasteiger charge is 2.44. The number of ether oxygens (including phenoxy) is 1. The first kappa shape index (κ1) is 20.8. The first-order chi connectivity index (χ1) is 12.7. The quantitative estimate of drug-likeness (QED) is 0.430. The zero-order valence-electron chi connectivity index (χ0n) is 15.1. The highest BCUT2D eigenvalue weighted by atomic mass is 35.5. The van der Waals surface area contributed by atoms with Crippen molar-refractivity contribution in [3.63, 3.8) is 0 Å². The van der Waals surface area contributed by atoms with Crippen LogP contribution in [0.3, 0.4) is 0 Å². The molecule has 0 aromatic heterocycles. The topological polar surface area (TPSA) is 116 Å². The Morgan fingerprint density at radius 2 is 2.11 bits per heavy atom. The number of rotatable bonds is 7. The maximum atomic E-state index is 12.0. The molecule has 8 nitrogen and oxygen atoms in total. The number of amides is 1. The van der Waals surface area contributed by atoms with Gasteiger partial charge in [0.15, 0.2) is 6.61 Å². The van der Waals surface area contributed by atoms with Crippen LogP contribution in [0.5, 0.6) is 0 Å². The van der Waals surface area contributed by atoms with Crippen LogP contribution >= 0.6 is 11.6 Å². The van der Waals surface area contributed by atoms with E-state index >= 15 is 0 Å². The number of hydrogen-bond donors (Lipinski definition) is 1. The minimum absolute atomic E-state index is 0.156. The van der Waals surface area contributed by atoms with Crippen LogP contribution in [0.15, 0.2) is 18.2 Å². The molecule has 0 heterocycles. The Bertz CT molecular complexity index is 766. The molecule has 27 heavy (non-hydrogen) atoms. The summed E-state index contributed by atoms with van der Waals surface area (Å²) < 4.78 is 4.94. The van der Waals surface area contributed by atoms with Gasteiger partial charge in [0.1, 0.15) is 5.78 Å². The van der Waals surface area contributed by atoms with Gasteiger partial charge < -0.3 is 10.1 Å². The minimum Gasteiger partial charge on any atom is -0.456 e. The SMILES string of the molecule is Cc1cc(Cl)ccc1NC(=O)COC(=O)C[C@H]1C(=O)C[C@@H](C)[C@H]1C[N+](=O)[O-]. The van der Waals surface area contributed by atoms with Crippen molar-refractivity contribution < 1.29 is 24.0 Å². The van der Waals surface area contributed by atoms with Crippen LogP contribution in [-0.4, -0.2) is 35.7 Å². The smallest absolute Gasteiger partial charge is 0.307 e. The summed E-state index contributed by atoms with van der Waals surface area (Å²) in [7, 11) is 0. The fourth-order valence-corrected chi connectivity index (χ4v) is 3.56. The number of hydrogen-bond acceptors (Lipinski definition) is 6. The van der Waals surface area contributed by atoms with Crippen LogP contribution < -0.4 is 5.32 Å². The number of Topliss-reactive ketones (excluding diaryl/α,β-unsaturated/α-hetero) is 1. The third-order valence-electron chi connectivity index (χ3n) is 4.76. The third-order valence-corrected chi connectivity index (χ3v) is 4.99. The van der Waals surface area contributed by atoms with Gasteiger partial charge in [0.25, 0.3) is 5.91 Å². The zero-order valence-corrected chi connectivity index (χ0v) is 15.8. The molecular weight excluding hydrogens is 376 g/mol. The molecule has 1 aliphatic carbocycles. The molecule has 2 rings (SSSR count). The number of carbonyl (C=O) groups is 3. The Morgan fingerprint density at radius 3 is 2.74 bits per heavy atom. The van der Waals surface area contributed by atoms with Gasteiger partial charge in [-0.25, -0.2) is 0 Å². The Morgan fingerprint density at radius 1 is 1.41 bits per heavy atom. The number of halogens is 1. The average Bonchev–Trinajstić information content (AvgIpc) is 2.82. The van der Waals surface area contributed by atoms with Crippen LogP contribution in [0.1, 0.15) is 25.3 Å². The maximum absolute atomic E-state index is 12.0. The molecule has 1 N–H and O–H groups in total. The third kappa shape index (κ3) is 5.75. The Hall–Kier alpha value is -2.48. The molecule has 146 valence electrons. The summed E-state index contributed by atoms with van der Waals surface area (Å²) in [6.07, 6.45) is -0.0400. The van der Waals surface area contributed by atoms with E-state index in [1.165, 1.54) is 0 Å². The number of benzene rings is 1. The molecule has 0 aliphatic heterocycles. The Balaban J connectivity index is 1.86. The van der Waals surface area contributed by atoms with Crippen molar-refractivity contribution in [2.24, 2.45) is 17.8 Å². The standard InChI is InChI=1S/C18H21ClN2O6/c1-10-6-16(22)13(14(10)8-21(25)26)7-18(24)27-9-17(23)20-15-4-3-12(19)5-11(15)2/h3-5,10,13-14H,6-9H2,1-2H3,(H,20,23)/t10-,13-,14-/m1/s1. The van der Waals surface area contributed by atoms with Gasteiger partial charge in [-0.2, -0.15) is 0 Å². The molecule has 1 aromatic carbocycles. The van der Waals surface area contributed by atoms with E-state index in [1.54, 1.807) is 32.0 Å². The second kappa shape index (κ2) is 8.94. The number of esters is 1. The Labute approximate surface area is 161 Å². The summed E-state index contributed by atoms with van der Waals surface area (Å²) in [5.41, 5.74) is 1.31. The molecule has 3 atom stereocenters. The van der Waals surface area contributed by atoms with Gasteiger partial charge in [-0.15, -0.1) is 0 Å². The summed E-state index contributed by atoms with van der Waals surface area (Å²) in [5, 5.41) is 13.9. The van der Waals surface area contributed by atoms with Crippen molar-refractivity contribution in [2.45, 2.75) is 26.7 Å². The monoisotopic (exact) mass is 396 g/mol. The van der Waals surface area contributed by atoms with Gasteiger partial charge in [0.05, 0.1) is 6.42 Å². The van der Waals surface area contributed by atoms with E-state index in [4.69, 9.17) is 16.3 Å². The molecule has 0 saturated heterocycles. The lowest BCUT2D eigenvalue weighted by Crippen LogP contribution is -2.28. The maximum Gasteiger partial charge on any atom is 0.307 e. The lowest BCUT2D eigenvalue weighted by Gasteiger charge is -2.17. The molecule has 1 amide bonds. The summed E-state index contributed by atoms with van der Waals surface area (Å²) in [6, 6.07) is 4.95. The second-order valence-electron chi connectivity index (χ2n) is 6.81. The first-order valence-electron chi connectivity index (χ1n) is 8.53. The summed E-state index contributed by atoms with van der Waals surface area (Å²) in [4.78, 5) is 46.3. The lowest BCUT2D eigenvalue weighted by molar-refractivity contribution is -0.490. The molecule has 0 unspecified atom stereocenters. The molecule has 0 radical (unpaired) electrons. The van der Waals surface area contributed by atoms with Gasteiger partial charge in [-0.1, -0.05) is 18.5 Å². The fourth-order valence-electron chi connectivity index (χ4n) is 3.34. The Kier molecular flexibility index (Phi) is 6.90. The summed E-state index contributed by atoms with van der Waals surface area (Å²) >= 11 is 5.85. The molecule has 1 saturated carbocycles. The normalized spacial score (nSPS) is 21.7. The second-order valence-corrected chi connectivity index (χ2v) is 7.24. The molecule has 1 fully saturated rings. The van der Waals surface area contributed by atoms with E-state index in [-0.39, 0.29) is 31.1 Å². The number of carbonyl (C=O) groups excluding carboxylic acids is 3. The molecule has 0 bridgehead atoms. The highest BCUT2D eigenvalue weighted by molar-refractivity contribution is 6.30. The van der Waals surface area contributed by atoms with Crippen LogP contribution in [0.4, 0.5) is 5.69 Å². The van der Waals surface area contributed by atoms with E-state index < -0.39 is 35.2 Å². The number of nitrogens with zero attached hydrogens (tertiary/aromatic N) is 1. The van der Waals surface area contributed by atoms with E-state index in [9.17, 15) is 24.5 Å². The molecule has 1 aliphatic rings. The minimum atomic E-state index is -0.737. The van der Waals surface area contributed by atoms with Crippen molar-refractivity contribution >= 4 is 34.9 Å². The molecule has 1 aromatic rings. The molecule has 9 heteroatoms. The van der Waals surface area contributed by atoms with Crippen molar-refractivity contribution in [2.75, 3.05) is 18.5 Å². The highest BCUT2D eigenvalue weighted by Crippen LogP contribution is 2.36. The lowest BCUT2D eigenvalue weighted by atomic mass is 9.88. The van der Waals surface area contributed by atoms with Crippen LogP contribution in [0.2, 0.25) is 5.02 Å². The number of anilines is 1. The van der Waals surface area contributed by atoms with Gasteiger partial charge in [0.2, 0.25) is 6.54 Å². The fraction of sp³-hybridized carbons (Fsp3) is 0.500. The largest absolute Gasteiger partial charge is 0.456 e. The van der Waals surface area contributed by atoms with E-state index in [0.29, 0.717) is 10.7 Å². The van der Waals surface area contributed by atoms with Crippen molar-refractivity contribution in [1.82, 2.24) is 0 Å². The summed E-state index contributed by atoms with van der Waals surface area (Å²) in [5.74, 6) is -2.81. The van der Waals surface area contributed by atoms with Gasteiger partial charge >= 0.3 is 5.97 Å². The predicted molar refractivity (Wildman–Crippen MR) is 98.0 cm³/mol. The van der Waals surface area contributed by atoms with E-state index in [0.717, 1.165) is 5.56 Å². The average molecular weight is 397 g/mol. The number of ketones is 1. The van der Waals surface area contributed by atoms with Crippen LogP contribution in [0.25, 0.3) is 0 Å². The van der Waals surface area contributed by atoms with Crippen LogP contribution in [-0.2, 0) is 19.1 Å². The zero-order chi connectivity index (χ0) is 20.1. The predicted octanol–water partition coefficient (Wildman–Crippen LogP) is 2.64. The van der Waals surface area contributed by atoms with Gasteiger partial charge in [-0.3, -0.25) is 24.5 Å². The number of nitrogens with one attached hydrogen (secondary N) is 1. The van der Waals surface area contributed by atoms with Crippen molar-refractivity contribution in [1.29, 1.82) is 0 Å². The van der Waals surface area contributed by atoms with Crippen molar-refractivity contribution in [3.05, 3.63) is 38.9 Å². The molecular formula is C18H21ClN2O6. The van der Waals surface area contributed by atoms with E-state index in [1.807, 2.05) is 0 Å². The van der Waals surface area contributed by atoms with E-state index in [2.05, 4.69) is 5.32 Å².